The fraction of sp³-hybridized carbons (Fsp3) is 0.250. The highest BCUT2D eigenvalue weighted by Crippen LogP contribution is 2.18. The van der Waals surface area contributed by atoms with E-state index < -0.39 is 10.0 Å². The summed E-state index contributed by atoms with van der Waals surface area (Å²) in [6.45, 7) is 1.53. The van der Waals surface area contributed by atoms with Gasteiger partial charge in [0.05, 0.1) is 4.90 Å². The van der Waals surface area contributed by atoms with Gasteiger partial charge in [-0.05, 0) is 23.3 Å². The van der Waals surface area contributed by atoms with Gasteiger partial charge in [0.25, 0.3) is 0 Å². The van der Waals surface area contributed by atoms with E-state index in [-0.39, 0.29) is 4.90 Å². The molecule has 1 aliphatic heterocycles. The third kappa shape index (κ3) is 1.58. The molecule has 4 nitrogen and oxygen atoms in total. The average Bonchev–Trinajstić information content (AvgIpc) is 2.47. The third-order valence-electron chi connectivity index (χ3n) is 2.14. The minimum Gasteiger partial charge on any atom is -0.309 e. The van der Waals surface area contributed by atoms with Crippen LogP contribution in [0, 0.1) is 0 Å². The summed E-state index contributed by atoms with van der Waals surface area (Å²) in [7, 11) is -3.55. The first-order valence-electron chi connectivity index (χ1n) is 3.93. The lowest BCUT2D eigenvalue weighted by Gasteiger charge is -2.00. The minimum atomic E-state index is -3.55. The van der Waals surface area contributed by atoms with Gasteiger partial charge in [-0.15, -0.1) is 0 Å². The molecule has 13 heavy (non-hydrogen) atoms. The maximum Gasteiger partial charge on any atom is 0.238 e. The molecule has 0 atom stereocenters. The molecule has 0 aliphatic carbocycles. The Balaban J connectivity index is 2.54. The summed E-state index contributed by atoms with van der Waals surface area (Å²) < 4.78 is 22.0. The molecule has 0 unspecified atom stereocenters. The van der Waals surface area contributed by atoms with Crippen molar-refractivity contribution < 1.29 is 8.42 Å². The van der Waals surface area contributed by atoms with Crippen LogP contribution in [0.15, 0.2) is 23.1 Å². The van der Waals surface area contributed by atoms with Crippen LogP contribution in [0.3, 0.4) is 0 Å². The first-order valence-corrected chi connectivity index (χ1v) is 5.47. The zero-order valence-electron chi connectivity index (χ0n) is 6.95. The molecule has 0 bridgehead atoms. The Morgan fingerprint density at radius 2 is 1.92 bits per heavy atom. The van der Waals surface area contributed by atoms with E-state index in [1.165, 1.54) is 0 Å². The highest BCUT2D eigenvalue weighted by atomic mass is 32.2. The number of hydrogen-bond acceptors (Lipinski definition) is 3. The Morgan fingerprint density at radius 3 is 2.62 bits per heavy atom. The van der Waals surface area contributed by atoms with Gasteiger partial charge in [-0.25, -0.2) is 13.6 Å². The average molecular weight is 198 g/mol. The molecule has 0 saturated heterocycles. The number of nitrogens with two attached hydrogens (primary N) is 1. The lowest BCUT2D eigenvalue weighted by molar-refractivity contribution is 0.597. The monoisotopic (exact) mass is 198 g/mol. The van der Waals surface area contributed by atoms with E-state index in [4.69, 9.17) is 5.14 Å². The van der Waals surface area contributed by atoms with E-state index in [1.807, 2.05) is 0 Å². The highest BCUT2D eigenvalue weighted by molar-refractivity contribution is 7.89. The van der Waals surface area contributed by atoms with Gasteiger partial charge in [-0.1, -0.05) is 6.07 Å². The van der Waals surface area contributed by atoms with Crippen LogP contribution in [0.1, 0.15) is 11.1 Å². The van der Waals surface area contributed by atoms with Crippen LogP contribution in [0.4, 0.5) is 0 Å². The predicted molar refractivity (Wildman–Crippen MR) is 48.4 cm³/mol. The third-order valence-corrected chi connectivity index (χ3v) is 3.05. The zero-order chi connectivity index (χ0) is 9.47. The normalized spacial score (nSPS) is 15.8. The zero-order valence-corrected chi connectivity index (χ0v) is 7.76. The first kappa shape index (κ1) is 8.68. The van der Waals surface area contributed by atoms with Crippen molar-refractivity contribution in [3.8, 4) is 0 Å². The lowest BCUT2D eigenvalue weighted by atomic mass is 10.1. The van der Waals surface area contributed by atoms with E-state index in [0.717, 1.165) is 24.2 Å². The summed E-state index contributed by atoms with van der Waals surface area (Å²) in [6, 6.07) is 4.97. The fourth-order valence-corrected chi connectivity index (χ4v) is 2.01. The Kier molecular flexibility index (Phi) is 1.87. The topological polar surface area (TPSA) is 72.2 Å². The summed E-state index contributed by atoms with van der Waals surface area (Å²) >= 11 is 0. The molecule has 1 heterocycles. The standard InChI is InChI=1S/C8H10N2O2S/c9-13(11,12)8-2-1-6-4-10-5-7(6)3-8/h1-3,10H,4-5H2,(H2,9,11,12). The minimum absolute atomic E-state index is 0.190. The van der Waals surface area contributed by atoms with Gasteiger partial charge >= 0.3 is 0 Å². The molecule has 1 aliphatic rings. The lowest BCUT2D eigenvalue weighted by Crippen LogP contribution is -2.12. The van der Waals surface area contributed by atoms with Crippen molar-refractivity contribution >= 4 is 10.0 Å². The number of hydrogen-bond donors (Lipinski definition) is 2. The van der Waals surface area contributed by atoms with Crippen LogP contribution in [-0.2, 0) is 23.1 Å². The number of fused-ring (bicyclic) bond motifs is 1. The Bertz CT molecular complexity index is 439. The van der Waals surface area contributed by atoms with Crippen LogP contribution in [-0.4, -0.2) is 8.42 Å². The van der Waals surface area contributed by atoms with Gasteiger partial charge in [0.2, 0.25) is 10.0 Å². The molecule has 0 spiro atoms. The Hall–Kier alpha value is -0.910. The quantitative estimate of drug-likeness (QED) is 0.664. The van der Waals surface area contributed by atoms with Crippen LogP contribution >= 0.6 is 0 Å². The maximum absolute atomic E-state index is 11.0. The van der Waals surface area contributed by atoms with Crippen molar-refractivity contribution in [2.24, 2.45) is 5.14 Å². The first-order chi connectivity index (χ1) is 6.07. The molecule has 0 fully saturated rings. The number of rotatable bonds is 1. The van der Waals surface area contributed by atoms with E-state index in [1.54, 1.807) is 18.2 Å². The van der Waals surface area contributed by atoms with E-state index >= 15 is 0 Å². The highest BCUT2D eigenvalue weighted by Gasteiger charge is 2.14. The predicted octanol–water partition coefficient (Wildman–Crippen LogP) is -0.0628. The molecule has 0 radical (unpaired) electrons. The van der Waals surface area contributed by atoms with E-state index in [9.17, 15) is 8.42 Å². The number of nitrogens with one attached hydrogen (secondary N) is 1. The molecular formula is C8H10N2O2S. The Labute approximate surface area is 76.8 Å². The van der Waals surface area contributed by atoms with Gasteiger partial charge in [0.1, 0.15) is 0 Å². The van der Waals surface area contributed by atoms with Crippen molar-refractivity contribution in [3.63, 3.8) is 0 Å². The van der Waals surface area contributed by atoms with Gasteiger partial charge in [-0.3, -0.25) is 0 Å². The van der Waals surface area contributed by atoms with Crippen LogP contribution in [0.5, 0.6) is 0 Å². The van der Waals surface area contributed by atoms with Gasteiger partial charge in [-0.2, -0.15) is 0 Å². The maximum atomic E-state index is 11.0. The molecule has 0 saturated carbocycles. The van der Waals surface area contributed by atoms with Gasteiger partial charge in [0, 0.05) is 13.1 Å². The number of benzene rings is 1. The summed E-state index contributed by atoms with van der Waals surface area (Å²) in [5.41, 5.74) is 2.17. The van der Waals surface area contributed by atoms with Gasteiger partial charge in [0.15, 0.2) is 0 Å². The fourth-order valence-electron chi connectivity index (χ4n) is 1.45. The molecule has 5 heteroatoms. The van der Waals surface area contributed by atoms with Crippen molar-refractivity contribution in [3.05, 3.63) is 29.3 Å². The van der Waals surface area contributed by atoms with Crippen LogP contribution < -0.4 is 10.5 Å². The second-order valence-electron chi connectivity index (χ2n) is 3.08. The van der Waals surface area contributed by atoms with E-state index in [2.05, 4.69) is 5.32 Å². The molecule has 0 aromatic heterocycles. The largest absolute Gasteiger partial charge is 0.309 e. The van der Waals surface area contributed by atoms with Crippen molar-refractivity contribution in [1.82, 2.24) is 5.32 Å². The molecule has 1 aromatic carbocycles. The molecule has 2 rings (SSSR count). The molecule has 3 N–H and O–H groups in total. The van der Waals surface area contributed by atoms with Crippen LogP contribution in [0.25, 0.3) is 0 Å². The van der Waals surface area contributed by atoms with Gasteiger partial charge < -0.3 is 5.32 Å². The Morgan fingerprint density at radius 1 is 1.23 bits per heavy atom. The smallest absolute Gasteiger partial charge is 0.238 e. The summed E-state index contributed by atoms with van der Waals surface area (Å²) in [5, 5.41) is 8.13. The molecule has 70 valence electrons. The van der Waals surface area contributed by atoms with Crippen molar-refractivity contribution in [2.75, 3.05) is 0 Å². The second-order valence-corrected chi connectivity index (χ2v) is 4.64. The number of sulfonamides is 1. The SMILES string of the molecule is NS(=O)(=O)c1ccc2c(c1)CNC2. The van der Waals surface area contributed by atoms with E-state index in [0.29, 0.717) is 0 Å². The molecule has 0 amide bonds. The summed E-state index contributed by atoms with van der Waals surface area (Å²) in [6.07, 6.45) is 0. The summed E-state index contributed by atoms with van der Waals surface area (Å²) in [4.78, 5) is 0.190. The second kappa shape index (κ2) is 2.80. The molecular weight excluding hydrogens is 188 g/mol. The number of primary sulfonamides is 1. The molecule has 1 aromatic rings. The van der Waals surface area contributed by atoms with Crippen molar-refractivity contribution in [2.45, 2.75) is 18.0 Å². The van der Waals surface area contributed by atoms with Crippen LogP contribution in [0.2, 0.25) is 0 Å². The summed E-state index contributed by atoms with van der Waals surface area (Å²) in [5.74, 6) is 0. The van der Waals surface area contributed by atoms with Crippen molar-refractivity contribution in [1.29, 1.82) is 0 Å².